The standard InChI is InChI=1S/C15H21NO3/c1-10-11(14(18)19)6-5-7-12(10)16-13(17)8-9-15(2,3)4/h5-7H,8-9H2,1-4H3,(H,16,17)(H,18,19). The van der Waals surface area contributed by atoms with E-state index in [0.29, 0.717) is 17.7 Å². The Morgan fingerprint density at radius 1 is 1.26 bits per heavy atom. The Morgan fingerprint density at radius 2 is 1.89 bits per heavy atom. The minimum atomic E-state index is -0.983. The van der Waals surface area contributed by atoms with Gasteiger partial charge in [0.1, 0.15) is 0 Å². The molecule has 0 atom stereocenters. The summed E-state index contributed by atoms with van der Waals surface area (Å²) in [5, 5.41) is 11.8. The number of hydrogen-bond donors (Lipinski definition) is 2. The number of hydrogen-bond acceptors (Lipinski definition) is 2. The molecule has 0 radical (unpaired) electrons. The molecule has 0 fully saturated rings. The quantitative estimate of drug-likeness (QED) is 0.874. The van der Waals surface area contributed by atoms with Crippen LogP contribution in [0.4, 0.5) is 5.69 Å². The third-order valence-corrected chi connectivity index (χ3v) is 2.94. The van der Waals surface area contributed by atoms with Gasteiger partial charge in [-0.15, -0.1) is 0 Å². The second-order valence-corrected chi connectivity index (χ2v) is 5.89. The van der Waals surface area contributed by atoms with Gasteiger partial charge in [0.15, 0.2) is 0 Å². The highest BCUT2D eigenvalue weighted by atomic mass is 16.4. The topological polar surface area (TPSA) is 66.4 Å². The fraction of sp³-hybridized carbons (Fsp3) is 0.467. The van der Waals surface area contributed by atoms with Crippen LogP contribution < -0.4 is 5.32 Å². The molecular formula is C15H21NO3. The summed E-state index contributed by atoms with van der Waals surface area (Å²) in [4.78, 5) is 22.8. The highest BCUT2D eigenvalue weighted by Crippen LogP contribution is 2.22. The SMILES string of the molecule is Cc1c(NC(=O)CCC(C)(C)C)cccc1C(=O)O. The van der Waals surface area contributed by atoms with Gasteiger partial charge in [-0.05, 0) is 36.5 Å². The highest BCUT2D eigenvalue weighted by Gasteiger charge is 2.15. The molecule has 0 heterocycles. The zero-order valence-corrected chi connectivity index (χ0v) is 11.9. The Balaban J connectivity index is 2.75. The van der Waals surface area contributed by atoms with Gasteiger partial charge in [0.05, 0.1) is 5.56 Å². The number of amides is 1. The number of carboxylic acid groups (broad SMARTS) is 1. The van der Waals surface area contributed by atoms with Crippen LogP contribution in [0.25, 0.3) is 0 Å². The Kier molecular flexibility index (Phi) is 4.70. The zero-order chi connectivity index (χ0) is 14.6. The molecular weight excluding hydrogens is 242 g/mol. The zero-order valence-electron chi connectivity index (χ0n) is 11.9. The molecule has 19 heavy (non-hydrogen) atoms. The number of benzene rings is 1. The minimum absolute atomic E-state index is 0.0828. The molecule has 2 N–H and O–H groups in total. The second kappa shape index (κ2) is 5.87. The van der Waals surface area contributed by atoms with Crippen molar-refractivity contribution in [3.63, 3.8) is 0 Å². The molecule has 0 saturated heterocycles. The van der Waals surface area contributed by atoms with E-state index in [1.54, 1.807) is 19.1 Å². The Hall–Kier alpha value is -1.84. The van der Waals surface area contributed by atoms with E-state index in [9.17, 15) is 9.59 Å². The van der Waals surface area contributed by atoms with Gasteiger partial charge >= 0.3 is 5.97 Å². The minimum Gasteiger partial charge on any atom is -0.478 e. The van der Waals surface area contributed by atoms with Crippen LogP contribution in [0.3, 0.4) is 0 Å². The first-order valence-corrected chi connectivity index (χ1v) is 6.33. The summed E-state index contributed by atoms with van der Waals surface area (Å²) in [6.07, 6.45) is 1.22. The first kappa shape index (κ1) is 15.2. The smallest absolute Gasteiger partial charge is 0.336 e. The van der Waals surface area contributed by atoms with E-state index >= 15 is 0 Å². The molecule has 0 spiro atoms. The molecule has 0 aliphatic heterocycles. The third kappa shape index (κ3) is 4.73. The molecule has 0 aliphatic rings. The van der Waals surface area contributed by atoms with E-state index in [2.05, 4.69) is 26.1 Å². The van der Waals surface area contributed by atoms with E-state index in [1.165, 1.54) is 6.07 Å². The summed E-state index contributed by atoms with van der Waals surface area (Å²) in [5.41, 5.74) is 1.47. The maximum Gasteiger partial charge on any atom is 0.336 e. The first-order chi connectivity index (χ1) is 8.70. The molecule has 1 amide bonds. The van der Waals surface area contributed by atoms with Crippen LogP contribution in [-0.2, 0) is 4.79 Å². The molecule has 0 saturated carbocycles. The molecule has 1 aromatic rings. The summed E-state index contributed by atoms with van der Waals surface area (Å²) in [5.74, 6) is -1.07. The van der Waals surface area contributed by atoms with Crippen molar-refractivity contribution in [2.24, 2.45) is 5.41 Å². The van der Waals surface area contributed by atoms with E-state index < -0.39 is 5.97 Å². The van der Waals surface area contributed by atoms with Crippen LogP contribution >= 0.6 is 0 Å². The van der Waals surface area contributed by atoms with Crippen LogP contribution in [0.1, 0.15) is 49.5 Å². The van der Waals surface area contributed by atoms with Gasteiger partial charge in [-0.3, -0.25) is 4.79 Å². The van der Waals surface area contributed by atoms with Gasteiger partial charge in [0, 0.05) is 12.1 Å². The monoisotopic (exact) mass is 263 g/mol. The fourth-order valence-electron chi connectivity index (χ4n) is 1.70. The predicted molar refractivity (Wildman–Crippen MR) is 75.5 cm³/mol. The van der Waals surface area contributed by atoms with Gasteiger partial charge < -0.3 is 10.4 Å². The van der Waals surface area contributed by atoms with Gasteiger partial charge in [-0.2, -0.15) is 0 Å². The average molecular weight is 263 g/mol. The molecule has 0 unspecified atom stereocenters. The number of anilines is 1. The van der Waals surface area contributed by atoms with Crippen molar-refractivity contribution in [3.05, 3.63) is 29.3 Å². The van der Waals surface area contributed by atoms with E-state index in [0.717, 1.165) is 6.42 Å². The largest absolute Gasteiger partial charge is 0.478 e. The maximum atomic E-state index is 11.8. The van der Waals surface area contributed by atoms with Gasteiger partial charge in [-0.1, -0.05) is 26.8 Å². The third-order valence-electron chi connectivity index (χ3n) is 2.94. The van der Waals surface area contributed by atoms with Crippen LogP contribution in [-0.4, -0.2) is 17.0 Å². The predicted octanol–water partition coefficient (Wildman–Crippen LogP) is 3.46. The summed E-state index contributed by atoms with van der Waals surface area (Å²) < 4.78 is 0. The number of rotatable bonds is 4. The van der Waals surface area contributed by atoms with Crippen LogP contribution in [0.15, 0.2) is 18.2 Å². The van der Waals surface area contributed by atoms with E-state index in [4.69, 9.17) is 5.11 Å². The molecule has 0 aromatic heterocycles. The van der Waals surface area contributed by atoms with Crippen molar-refractivity contribution in [2.45, 2.75) is 40.5 Å². The number of carboxylic acids is 1. The van der Waals surface area contributed by atoms with Gasteiger partial charge in [0.25, 0.3) is 0 Å². The maximum absolute atomic E-state index is 11.8. The highest BCUT2D eigenvalue weighted by molar-refractivity contribution is 5.96. The van der Waals surface area contributed by atoms with E-state index in [-0.39, 0.29) is 16.9 Å². The second-order valence-electron chi connectivity index (χ2n) is 5.89. The Labute approximate surface area is 113 Å². The van der Waals surface area contributed by atoms with Gasteiger partial charge in [-0.25, -0.2) is 4.79 Å². The number of aromatic carboxylic acids is 1. The van der Waals surface area contributed by atoms with Crippen molar-refractivity contribution in [2.75, 3.05) is 5.32 Å². The van der Waals surface area contributed by atoms with Crippen molar-refractivity contribution < 1.29 is 14.7 Å². The fourth-order valence-corrected chi connectivity index (χ4v) is 1.70. The molecule has 1 aromatic carbocycles. The average Bonchev–Trinajstić information content (AvgIpc) is 2.28. The van der Waals surface area contributed by atoms with Crippen molar-refractivity contribution in [1.82, 2.24) is 0 Å². The van der Waals surface area contributed by atoms with Gasteiger partial charge in [0.2, 0.25) is 5.91 Å². The Morgan fingerprint density at radius 3 is 2.42 bits per heavy atom. The van der Waals surface area contributed by atoms with Crippen molar-refractivity contribution in [1.29, 1.82) is 0 Å². The normalized spacial score (nSPS) is 11.2. The lowest BCUT2D eigenvalue weighted by Crippen LogP contribution is -2.16. The first-order valence-electron chi connectivity index (χ1n) is 6.33. The number of carbonyl (C=O) groups is 2. The molecule has 4 heteroatoms. The molecule has 0 aliphatic carbocycles. The summed E-state index contributed by atoms with van der Waals surface area (Å²) >= 11 is 0. The molecule has 4 nitrogen and oxygen atoms in total. The van der Waals surface area contributed by atoms with Crippen LogP contribution in [0.5, 0.6) is 0 Å². The van der Waals surface area contributed by atoms with Crippen molar-refractivity contribution >= 4 is 17.6 Å². The Bertz CT molecular complexity index is 487. The lowest BCUT2D eigenvalue weighted by atomic mass is 9.90. The summed E-state index contributed by atoms with van der Waals surface area (Å²) in [7, 11) is 0. The van der Waals surface area contributed by atoms with Crippen molar-refractivity contribution in [3.8, 4) is 0 Å². The molecule has 104 valence electrons. The summed E-state index contributed by atoms with van der Waals surface area (Å²) in [6, 6.07) is 4.88. The molecule has 1 rings (SSSR count). The molecule has 0 bridgehead atoms. The summed E-state index contributed by atoms with van der Waals surface area (Å²) in [6.45, 7) is 7.94. The van der Waals surface area contributed by atoms with Crippen LogP contribution in [0, 0.1) is 12.3 Å². The lowest BCUT2D eigenvalue weighted by molar-refractivity contribution is -0.116. The van der Waals surface area contributed by atoms with E-state index in [1.807, 2.05) is 0 Å². The van der Waals surface area contributed by atoms with Crippen LogP contribution in [0.2, 0.25) is 0 Å². The lowest BCUT2D eigenvalue weighted by Gasteiger charge is -2.17. The number of carbonyl (C=O) groups excluding carboxylic acids is 1. The number of nitrogens with one attached hydrogen (secondary N) is 1.